The Labute approximate surface area is 155 Å². The van der Waals surface area contributed by atoms with Gasteiger partial charge in [0, 0.05) is 24.6 Å². The largest absolute Gasteiger partial charge is 0.494 e. The third-order valence-corrected chi connectivity index (χ3v) is 4.90. The van der Waals surface area contributed by atoms with E-state index in [1.807, 2.05) is 50.5 Å². The molecule has 6 nitrogen and oxygen atoms in total. The molecule has 0 atom stereocenters. The summed E-state index contributed by atoms with van der Waals surface area (Å²) in [7, 11) is 0. The summed E-state index contributed by atoms with van der Waals surface area (Å²) >= 11 is 0. The topological polar surface area (TPSA) is 59.4 Å². The number of carbonyl (C=O) groups excluding carboxylic acids is 1. The van der Waals surface area contributed by atoms with Crippen LogP contribution in [0.2, 0.25) is 0 Å². The van der Waals surface area contributed by atoms with Crippen molar-refractivity contribution in [2.75, 3.05) is 31.6 Å². The molecule has 140 valence electrons. The number of hydrogen-bond acceptors (Lipinski definition) is 4. The predicted octanol–water partition coefficient (Wildman–Crippen LogP) is 2.94. The maximum absolute atomic E-state index is 12.3. The van der Waals surface area contributed by atoms with Gasteiger partial charge >= 0.3 is 0 Å². The van der Waals surface area contributed by atoms with Gasteiger partial charge in [0.2, 0.25) is 5.91 Å². The van der Waals surface area contributed by atoms with Crippen molar-refractivity contribution in [3.8, 4) is 5.75 Å². The van der Waals surface area contributed by atoms with E-state index in [1.54, 1.807) is 0 Å². The fourth-order valence-electron chi connectivity index (χ4n) is 3.41. The van der Waals surface area contributed by atoms with E-state index >= 15 is 0 Å². The van der Waals surface area contributed by atoms with Gasteiger partial charge < -0.3 is 14.6 Å². The van der Waals surface area contributed by atoms with Crippen LogP contribution in [0.3, 0.4) is 0 Å². The van der Waals surface area contributed by atoms with Crippen molar-refractivity contribution in [2.45, 2.75) is 33.2 Å². The van der Waals surface area contributed by atoms with E-state index in [0.717, 1.165) is 49.7 Å². The first-order chi connectivity index (χ1) is 12.6. The highest BCUT2D eigenvalue weighted by atomic mass is 16.5. The lowest BCUT2D eigenvalue weighted by atomic mass is 9.96. The molecule has 1 amide bonds. The van der Waals surface area contributed by atoms with E-state index in [-0.39, 0.29) is 5.91 Å². The van der Waals surface area contributed by atoms with Crippen LogP contribution in [-0.4, -0.2) is 46.6 Å². The van der Waals surface area contributed by atoms with E-state index in [0.29, 0.717) is 19.1 Å². The molecule has 0 spiro atoms. The van der Waals surface area contributed by atoms with Crippen molar-refractivity contribution >= 4 is 11.6 Å². The second kappa shape index (κ2) is 8.85. The number of anilines is 1. The number of piperidine rings is 1. The summed E-state index contributed by atoms with van der Waals surface area (Å²) in [6, 6.07) is 7.51. The minimum Gasteiger partial charge on any atom is -0.494 e. The van der Waals surface area contributed by atoms with Gasteiger partial charge in [0.05, 0.1) is 13.2 Å². The molecule has 3 rings (SSSR count). The van der Waals surface area contributed by atoms with Crippen LogP contribution in [-0.2, 0) is 11.3 Å². The van der Waals surface area contributed by atoms with Gasteiger partial charge in [0.1, 0.15) is 11.6 Å². The average Bonchev–Trinajstić information content (AvgIpc) is 3.03. The number of aromatic nitrogens is 2. The smallest absolute Gasteiger partial charge is 0.238 e. The molecular weight excluding hydrogens is 328 g/mol. The molecule has 1 aromatic carbocycles. The summed E-state index contributed by atoms with van der Waals surface area (Å²) in [4.78, 5) is 18.8. The Morgan fingerprint density at radius 3 is 2.62 bits per heavy atom. The van der Waals surface area contributed by atoms with E-state index in [2.05, 4.69) is 19.8 Å². The first-order valence-electron chi connectivity index (χ1n) is 9.37. The Balaban J connectivity index is 1.41. The van der Waals surface area contributed by atoms with Crippen molar-refractivity contribution in [3.63, 3.8) is 0 Å². The monoisotopic (exact) mass is 356 g/mol. The minimum atomic E-state index is 0.0399. The van der Waals surface area contributed by atoms with Gasteiger partial charge in [-0.2, -0.15) is 0 Å². The first kappa shape index (κ1) is 18.5. The van der Waals surface area contributed by atoms with Gasteiger partial charge in [-0.3, -0.25) is 9.69 Å². The lowest BCUT2D eigenvalue weighted by molar-refractivity contribution is -0.117. The highest BCUT2D eigenvalue weighted by Gasteiger charge is 2.21. The summed E-state index contributed by atoms with van der Waals surface area (Å²) in [5, 5.41) is 2.97. The predicted molar refractivity (Wildman–Crippen MR) is 102 cm³/mol. The highest BCUT2D eigenvalue weighted by Crippen LogP contribution is 2.20. The second-order valence-corrected chi connectivity index (χ2v) is 6.85. The molecule has 0 radical (unpaired) electrons. The molecule has 1 aliphatic rings. The van der Waals surface area contributed by atoms with Crippen LogP contribution >= 0.6 is 0 Å². The van der Waals surface area contributed by atoms with Crippen LogP contribution < -0.4 is 10.1 Å². The Kier molecular flexibility index (Phi) is 6.28. The van der Waals surface area contributed by atoms with Crippen molar-refractivity contribution in [2.24, 2.45) is 5.92 Å². The van der Waals surface area contributed by atoms with Crippen molar-refractivity contribution in [1.29, 1.82) is 0 Å². The number of amides is 1. The highest BCUT2D eigenvalue weighted by molar-refractivity contribution is 5.92. The van der Waals surface area contributed by atoms with Crippen LogP contribution in [0.15, 0.2) is 36.7 Å². The number of rotatable bonds is 7. The number of imidazole rings is 1. The molecule has 1 N–H and O–H groups in total. The van der Waals surface area contributed by atoms with Crippen LogP contribution in [0.25, 0.3) is 0 Å². The zero-order chi connectivity index (χ0) is 18.4. The average molecular weight is 356 g/mol. The number of aryl methyl sites for hydroxylation is 1. The molecule has 2 heterocycles. The Morgan fingerprint density at radius 2 is 2.00 bits per heavy atom. The lowest BCUT2D eigenvalue weighted by Gasteiger charge is -2.31. The van der Waals surface area contributed by atoms with Crippen molar-refractivity contribution in [1.82, 2.24) is 14.5 Å². The molecule has 0 unspecified atom stereocenters. The van der Waals surface area contributed by atoms with Gasteiger partial charge in [0.25, 0.3) is 0 Å². The number of benzene rings is 1. The molecule has 1 aromatic heterocycles. The molecule has 0 bridgehead atoms. The molecular formula is C20H28N4O2. The summed E-state index contributed by atoms with van der Waals surface area (Å²) in [6.07, 6.45) is 6.14. The van der Waals surface area contributed by atoms with Crippen molar-refractivity contribution in [3.05, 3.63) is 42.5 Å². The maximum Gasteiger partial charge on any atom is 0.238 e. The fraction of sp³-hybridized carbons (Fsp3) is 0.500. The molecule has 0 aliphatic carbocycles. The SMILES string of the molecule is CCOc1ccc(NC(=O)CN2CCC(Cn3ccnc3C)CC2)cc1. The van der Waals surface area contributed by atoms with Crippen LogP contribution in [0, 0.1) is 12.8 Å². The number of ether oxygens (including phenoxy) is 1. The second-order valence-electron chi connectivity index (χ2n) is 6.85. The number of carbonyl (C=O) groups is 1. The summed E-state index contributed by atoms with van der Waals surface area (Å²) < 4.78 is 7.64. The molecule has 6 heteroatoms. The molecule has 26 heavy (non-hydrogen) atoms. The van der Waals surface area contributed by atoms with E-state index in [1.165, 1.54) is 0 Å². The number of likely N-dealkylation sites (tertiary alicyclic amines) is 1. The van der Waals surface area contributed by atoms with Gasteiger partial charge in [-0.25, -0.2) is 4.98 Å². The number of nitrogens with zero attached hydrogens (tertiary/aromatic N) is 3. The quantitative estimate of drug-likeness (QED) is 0.829. The van der Waals surface area contributed by atoms with Gasteiger partial charge in [0.15, 0.2) is 0 Å². The molecule has 0 saturated carbocycles. The fourth-order valence-corrected chi connectivity index (χ4v) is 3.41. The molecule has 1 saturated heterocycles. The third kappa shape index (κ3) is 5.08. The van der Waals surface area contributed by atoms with E-state index in [4.69, 9.17) is 4.74 Å². The number of hydrogen-bond donors (Lipinski definition) is 1. The zero-order valence-electron chi connectivity index (χ0n) is 15.6. The van der Waals surface area contributed by atoms with Gasteiger partial charge in [-0.05, 0) is 70.0 Å². The van der Waals surface area contributed by atoms with Gasteiger partial charge in [-0.15, -0.1) is 0 Å². The van der Waals surface area contributed by atoms with Gasteiger partial charge in [-0.1, -0.05) is 0 Å². The molecule has 2 aromatic rings. The third-order valence-electron chi connectivity index (χ3n) is 4.90. The van der Waals surface area contributed by atoms with Crippen molar-refractivity contribution < 1.29 is 9.53 Å². The Morgan fingerprint density at radius 1 is 1.27 bits per heavy atom. The van der Waals surface area contributed by atoms with E-state index < -0.39 is 0 Å². The summed E-state index contributed by atoms with van der Waals surface area (Å²) in [5.74, 6) is 2.59. The zero-order valence-corrected chi connectivity index (χ0v) is 15.6. The first-order valence-corrected chi connectivity index (χ1v) is 9.37. The number of nitrogens with one attached hydrogen (secondary N) is 1. The van der Waals surface area contributed by atoms with E-state index in [9.17, 15) is 4.79 Å². The Bertz CT molecular complexity index is 703. The Hall–Kier alpha value is -2.34. The minimum absolute atomic E-state index is 0.0399. The maximum atomic E-state index is 12.3. The van der Waals surface area contributed by atoms with Crippen LogP contribution in [0.5, 0.6) is 5.75 Å². The molecule has 1 aliphatic heterocycles. The standard InChI is InChI=1S/C20H28N4O2/c1-3-26-19-6-4-18(5-7-19)22-20(25)15-23-11-8-17(9-12-23)14-24-13-10-21-16(24)2/h4-7,10,13,17H,3,8-9,11-12,14-15H2,1-2H3,(H,22,25). The van der Waals surface area contributed by atoms with Crippen LogP contribution in [0.1, 0.15) is 25.6 Å². The normalized spacial score (nSPS) is 15.8. The van der Waals surface area contributed by atoms with Crippen LogP contribution in [0.4, 0.5) is 5.69 Å². The lowest BCUT2D eigenvalue weighted by Crippen LogP contribution is -2.40. The summed E-state index contributed by atoms with van der Waals surface area (Å²) in [5.41, 5.74) is 0.809. The summed E-state index contributed by atoms with van der Waals surface area (Å²) in [6.45, 7) is 8.05. The molecule has 1 fully saturated rings.